The SMILES string of the molecule is CC1CN(CC(C)C2CNC2)CC(C)O1. The van der Waals surface area contributed by atoms with Crippen molar-refractivity contribution in [3.05, 3.63) is 0 Å². The third-order valence-corrected chi connectivity index (χ3v) is 3.66. The normalized spacial score (nSPS) is 36.2. The second-order valence-electron chi connectivity index (χ2n) is 5.37. The van der Waals surface area contributed by atoms with Gasteiger partial charge in [-0.25, -0.2) is 0 Å². The number of nitrogens with zero attached hydrogens (tertiary/aromatic N) is 1. The minimum absolute atomic E-state index is 0.403. The fourth-order valence-corrected chi connectivity index (χ4v) is 2.70. The van der Waals surface area contributed by atoms with Crippen LogP contribution in [0.25, 0.3) is 0 Å². The first-order chi connectivity index (χ1) is 7.15. The minimum atomic E-state index is 0.403. The van der Waals surface area contributed by atoms with Gasteiger partial charge in [-0.3, -0.25) is 4.90 Å². The number of nitrogens with one attached hydrogen (secondary N) is 1. The Hall–Kier alpha value is -0.120. The summed E-state index contributed by atoms with van der Waals surface area (Å²) < 4.78 is 5.74. The van der Waals surface area contributed by atoms with Crippen molar-refractivity contribution < 1.29 is 4.74 Å². The summed E-state index contributed by atoms with van der Waals surface area (Å²) in [7, 11) is 0. The molecule has 3 atom stereocenters. The molecule has 0 amide bonds. The van der Waals surface area contributed by atoms with Gasteiger partial charge < -0.3 is 10.1 Å². The fourth-order valence-electron chi connectivity index (χ4n) is 2.70. The molecule has 2 fully saturated rings. The molecule has 0 aliphatic carbocycles. The van der Waals surface area contributed by atoms with E-state index in [1.54, 1.807) is 0 Å². The summed E-state index contributed by atoms with van der Waals surface area (Å²) >= 11 is 0. The summed E-state index contributed by atoms with van der Waals surface area (Å²) in [6.07, 6.45) is 0.806. The standard InChI is InChI=1S/C12H24N2O/c1-9(12-4-13-5-12)6-14-7-10(2)15-11(3)8-14/h9-13H,4-8H2,1-3H3. The molecule has 0 aromatic heterocycles. The van der Waals surface area contributed by atoms with E-state index in [4.69, 9.17) is 4.74 Å². The van der Waals surface area contributed by atoms with Crippen molar-refractivity contribution >= 4 is 0 Å². The smallest absolute Gasteiger partial charge is 0.0678 e. The van der Waals surface area contributed by atoms with Crippen LogP contribution in [0.15, 0.2) is 0 Å². The minimum Gasteiger partial charge on any atom is -0.373 e. The molecule has 15 heavy (non-hydrogen) atoms. The van der Waals surface area contributed by atoms with Crippen LogP contribution in [0.5, 0.6) is 0 Å². The van der Waals surface area contributed by atoms with E-state index in [-0.39, 0.29) is 0 Å². The van der Waals surface area contributed by atoms with E-state index in [9.17, 15) is 0 Å². The van der Waals surface area contributed by atoms with Gasteiger partial charge in [-0.2, -0.15) is 0 Å². The Bertz CT molecular complexity index is 196. The first-order valence-electron chi connectivity index (χ1n) is 6.23. The van der Waals surface area contributed by atoms with Crippen LogP contribution in [0.1, 0.15) is 20.8 Å². The molecule has 0 aromatic rings. The number of rotatable bonds is 3. The molecule has 0 spiro atoms. The van der Waals surface area contributed by atoms with E-state index in [1.807, 2.05) is 0 Å². The van der Waals surface area contributed by atoms with E-state index in [2.05, 4.69) is 31.0 Å². The van der Waals surface area contributed by atoms with Gasteiger partial charge in [0.05, 0.1) is 12.2 Å². The second-order valence-corrected chi connectivity index (χ2v) is 5.37. The highest BCUT2D eigenvalue weighted by atomic mass is 16.5. The Kier molecular flexibility index (Phi) is 3.65. The highest BCUT2D eigenvalue weighted by Gasteiger charge is 2.28. The third-order valence-electron chi connectivity index (χ3n) is 3.66. The highest BCUT2D eigenvalue weighted by molar-refractivity contribution is 4.83. The summed E-state index contributed by atoms with van der Waals surface area (Å²) in [5.74, 6) is 1.72. The van der Waals surface area contributed by atoms with Gasteiger partial charge in [-0.1, -0.05) is 6.92 Å². The summed E-state index contributed by atoms with van der Waals surface area (Å²) in [6.45, 7) is 12.6. The fraction of sp³-hybridized carbons (Fsp3) is 1.00. The zero-order chi connectivity index (χ0) is 10.8. The molecule has 1 N–H and O–H groups in total. The molecule has 2 saturated heterocycles. The van der Waals surface area contributed by atoms with E-state index < -0.39 is 0 Å². The number of hydrogen-bond donors (Lipinski definition) is 1. The Morgan fingerprint density at radius 3 is 2.33 bits per heavy atom. The van der Waals surface area contributed by atoms with Gasteiger partial charge in [-0.05, 0) is 38.8 Å². The van der Waals surface area contributed by atoms with E-state index >= 15 is 0 Å². The van der Waals surface area contributed by atoms with Gasteiger partial charge >= 0.3 is 0 Å². The van der Waals surface area contributed by atoms with Gasteiger partial charge in [-0.15, -0.1) is 0 Å². The quantitative estimate of drug-likeness (QED) is 0.754. The van der Waals surface area contributed by atoms with Crippen LogP contribution in [-0.2, 0) is 4.74 Å². The molecular weight excluding hydrogens is 188 g/mol. The molecule has 88 valence electrons. The van der Waals surface area contributed by atoms with Gasteiger partial charge in [0.1, 0.15) is 0 Å². The summed E-state index contributed by atoms with van der Waals surface area (Å²) in [6, 6.07) is 0. The van der Waals surface area contributed by atoms with E-state index in [1.165, 1.54) is 19.6 Å². The largest absolute Gasteiger partial charge is 0.373 e. The number of morpholine rings is 1. The Balaban J connectivity index is 1.77. The van der Waals surface area contributed by atoms with E-state index in [0.717, 1.165) is 24.9 Å². The van der Waals surface area contributed by atoms with Crippen LogP contribution < -0.4 is 5.32 Å². The topological polar surface area (TPSA) is 24.5 Å². The molecule has 2 rings (SSSR count). The Morgan fingerprint density at radius 1 is 1.27 bits per heavy atom. The molecule has 3 heteroatoms. The lowest BCUT2D eigenvalue weighted by atomic mass is 9.88. The number of ether oxygens (including phenoxy) is 1. The third kappa shape index (κ3) is 2.92. The van der Waals surface area contributed by atoms with Crippen molar-refractivity contribution in [2.45, 2.75) is 33.0 Å². The zero-order valence-electron chi connectivity index (χ0n) is 10.2. The molecular formula is C12H24N2O. The van der Waals surface area contributed by atoms with Crippen molar-refractivity contribution in [1.82, 2.24) is 10.2 Å². The van der Waals surface area contributed by atoms with Gasteiger partial charge in [0, 0.05) is 19.6 Å². The summed E-state index contributed by atoms with van der Waals surface area (Å²) in [5, 5.41) is 3.35. The maximum absolute atomic E-state index is 5.74. The average molecular weight is 212 g/mol. The Labute approximate surface area is 93.2 Å². The van der Waals surface area contributed by atoms with Gasteiger partial charge in [0.2, 0.25) is 0 Å². The molecule has 2 aliphatic rings. The van der Waals surface area contributed by atoms with Crippen molar-refractivity contribution in [3.63, 3.8) is 0 Å². The monoisotopic (exact) mass is 212 g/mol. The first-order valence-corrected chi connectivity index (χ1v) is 6.23. The van der Waals surface area contributed by atoms with Crippen LogP contribution in [0.4, 0.5) is 0 Å². The molecule has 2 heterocycles. The maximum atomic E-state index is 5.74. The lowest BCUT2D eigenvalue weighted by Crippen LogP contribution is -2.51. The molecule has 0 saturated carbocycles. The van der Waals surface area contributed by atoms with Crippen LogP contribution in [-0.4, -0.2) is 49.8 Å². The van der Waals surface area contributed by atoms with Crippen molar-refractivity contribution in [1.29, 1.82) is 0 Å². The van der Waals surface area contributed by atoms with Crippen molar-refractivity contribution in [2.24, 2.45) is 11.8 Å². The second kappa shape index (κ2) is 4.81. The predicted molar refractivity (Wildman–Crippen MR) is 62.0 cm³/mol. The van der Waals surface area contributed by atoms with Crippen LogP contribution in [0, 0.1) is 11.8 Å². The molecule has 3 unspecified atom stereocenters. The van der Waals surface area contributed by atoms with Crippen molar-refractivity contribution in [3.8, 4) is 0 Å². The van der Waals surface area contributed by atoms with Gasteiger partial charge in [0.25, 0.3) is 0 Å². The maximum Gasteiger partial charge on any atom is 0.0678 e. The van der Waals surface area contributed by atoms with E-state index in [0.29, 0.717) is 12.2 Å². The summed E-state index contributed by atoms with van der Waals surface area (Å²) in [5.41, 5.74) is 0. The average Bonchev–Trinajstić information content (AvgIpc) is 1.96. The number of hydrogen-bond acceptors (Lipinski definition) is 3. The molecule has 2 aliphatic heterocycles. The predicted octanol–water partition coefficient (Wildman–Crippen LogP) is 0.951. The van der Waals surface area contributed by atoms with Crippen LogP contribution in [0.3, 0.4) is 0 Å². The lowest BCUT2D eigenvalue weighted by molar-refractivity contribution is -0.0733. The zero-order valence-corrected chi connectivity index (χ0v) is 10.2. The molecule has 0 aromatic carbocycles. The van der Waals surface area contributed by atoms with Gasteiger partial charge in [0.15, 0.2) is 0 Å². The summed E-state index contributed by atoms with van der Waals surface area (Å²) in [4.78, 5) is 2.57. The first kappa shape index (κ1) is 11.4. The molecule has 3 nitrogen and oxygen atoms in total. The van der Waals surface area contributed by atoms with Crippen LogP contribution in [0.2, 0.25) is 0 Å². The highest BCUT2D eigenvalue weighted by Crippen LogP contribution is 2.19. The Morgan fingerprint density at radius 2 is 1.87 bits per heavy atom. The molecule has 0 bridgehead atoms. The molecule has 0 radical (unpaired) electrons. The van der Waals surface area contributed by atoms with Crippen molar-refractivity contribution in [2.75, 3.05) is 32.7 Å². The van der Waals surface area contributed by atoms with Crippen LogP contribution >= 0.6 is 0 Å². The lowest BCUT2D eigenvalue weighted by Gasteiger charge is -2.40.